The van der Waals surface area contributed by atoms with Crippen LogP contribution >= 0.6 is 35.5 Å². The number of fused-ring (bicyclic) bond motifs is 2. The molecule has 0 bridgehead atoms. The normalized spacial score (nSPS) is 20.8. The van der Waals surface area contributed by atoms with E-state index in [4.69, 9.17) is 10.6 Å². The Labute approximate surface area is 220 Å². The molecule has 0 saturated carbocycles. The largest absolute Gasteiger partial charge is 0.543 e. The zero-order valence-electron chi connectivity index (χ0n) is 19.1. The average molecular weight is 551 g/mol. The van der Waals surface area contributed by atoms with Gasteiger partial charge in [-0.05, 0) is 18.9 Å². The van der Waals surface area contributed by atoms with Gasteiger partial charge in [0.25, 0.3) is 11.8 Å². The summed E-state index contributed by atoms with van der Waals surface area (Å²) in [6.45, 7) is 0.364. The molecule has 0 aromatic carbocycles. The molecule has 1 aliphatic carbocycles. The van der Waals surface area contributed by atoms with Gasteiger partial charge in [0.05, 0.1) is 11.7 Å². The fraction of sp³-hybridized carbons (Fsp3) is 0.364. The summed E-state index contributed by atoms with van der Waals surface area (Å²) in [5.74, 6) is -2.21. The topological polar surface area (TPSA) is 154 Å². The fourth-order valence-corrected chi connectivity index (χ4v) is 6.54. The van der Waals surface area contributed by atoms with Crippen molar-refractivity contribution in [1.82, 2.24) is 15.2 Å². The van der Waals surface area contributed by atoms with Crippen molar-refractivity contribution in [1.29, 1.82) is 0 Å². The number of carboxylic acids is 1. The summed E-state index contributed by atoms with van der Waals surface area (Å²) in [4.78, 5) is 48.0. The van der Waals surface area contributed by atoms with E-state index >= 15 is 0 Å². The number of nitrogens with one attached hydrogen (secondary N) is 1. The Morgan fingerprint density at radius 2 is 2.22 bits per heavy atom. The Hall–Kier alpha value is -3.16. The number of oxime groups is 1. The minimum Gasteiger partial charge on any atom is -0.543 e. The van der Waals surface area contributed by atoms with Crippen LogP contribution in [0.15, 0.2) is 40.1 Å². The monoisotopic (exact) mass is 550 g/mol. The molecule has 0 radical (unpaired) electrons. The summed E-state index contributed by atoms with van der Waals surface area (Å²) in [6.07, 6.45) is 4.94. The fourth-order valence-electron chi connectivity index (χ4n) is 4.66. The molecule has 3 aliphatic rings. The number of hydrogen-bond acceptors (Lipinski definition) is 10. The van der Waals surface area contributed by atoms with E-state index in [0.29, 0.717) is 17.9 Å². The Morgan fingerprint density at radius 1 is 1.42 bits per heavy atom. The molecule has 2 amide bonds. The molecule has 2 aromatic heterocycles. The minimum atomic E-state index is -1.41. The molecule has 0 spiro atoms. The third-order valence-corrected chi connectivity index (χ3v) is 8.20. The summed E-state index contributed by atoms with van der Waals surface area (Å²) in [7, 11) is 1.29. The van der Waals surface area contributed by atoms with Crippen LogP contribution in [0.4, 0.5) is 5.13 Å². The summed E-state index contributed by atoms with van der Waals surface area (Å²) in [6, 6.07) is 3.12. The second-order valence-corrected chi connectivity index (χ2v) is 10.3. The number of β-lactam (4-membered cyclic amide) rings is 1. The van der Waals surface area contributed by atoms with Crippen LogP contribution in [0, 0.1) is 0 Å². The van der Waals surface area contributed by atoms with Crippen molar-refractivity contribution < 1.29 is 28.9 Å². The number of hydrogen-bond donors (Lipinski definition) is 2. The summed E-state index contributed by atoms with van der Waals surface area (Å²) < 4.78 is 2.05. The second kappa shape index (κ2) is 10.4. The van der Waals surface area contributed by atoms with Crippen LogP contribution in [0.25, 0.3) is 0 Å². The molecule has 1 saturated heterocycles. The average Bonchev–Trinajstić information content (AvgIpc) is 3.49. The smallest absolute Gasteiger partial charge is 0.276 e. The molecule has 2 atom stereocenters. The zero-order valence-corrected chi connectivity index (χ0v) is 21.6. The highest BCUT2D eigenvalue weighted by Gasteiger charge is 2.53. The number of pyridine rings is 1. The number of nitrogen functional groups attached to an aromatic ring is 1. The van der Waals surface area contributed by atoms with Crippen molar-refractivity contribution in [3.8, 4) is 0 Å². The first-order valence-electron chi connectivity index (χ1n) is 10.9. The minimum absolute atomic E-state index is 0. The van der Waals surface area contributed by atoms with E-state index in [2.05, 4.69) is 26.1 Å². The standard InChI is InChI=1S/C22H22N6O5S2.ClH/c1-33-26-15(13-10-35-22(23)24-13)18(29)25-16-19(30)28-17(21(31)32)12(9-34-20(16)28)8-27-7-3-5-11-4-2-6-14(11)27;/h3,5,7,10,16,20H,2,4,6,8-9H2,1H3,(H3-,23,24,25,29,31,32);1H/b26-15-;/t16-,20-;/m1./s1. The lowest BCUT2D eigenvalue weighted by atomic mass is 10.0. The lowest BCUT2D eigenvalue weighted by Gasteiger charge is -2.50. The Morgan fingerprint density at radius 3 is 2.92 bits per heavy atom. The molecule has 190 valence electrons. The van der Waals surface area contributed by atoms with Gasteiger partial charge >= 0.3 is 0 Å². The predicted octanol–water partition coefficient (Wildman–Crippen LogP) is -0.622. The predicted molar refractivity (Wildman–Crippen MR) is 133 cm³/mol. The highest BCUT2D eigenvalue weighted by molar-refractivity contribution is 8.00. The molecule has 4 heterocycles. The number of rotatable bonds is 7. The van der Waals surface area contributed by atoms with Gasteiger partial charge in [-0.1, -0.05) is 5.16 Å². The number of halogens is 1. The molecule has 0 unspecified atom stereocenters. The van der Waals surface area contributed by atoms with Gasteiger partial charge in [0.15, 0.2) is 29.3 Å². The van der Waals surface area contributed by atoms with Crippen LogP contribution in [0.1, 0.15) is 23.4 Å². The zero-order chi connectivity index (χ0) is 24.7. The van der Waals surface area contributed by atoms with E-state index in [1.807, 2.05) is 12.3 Å². The van der Waals surface area contributed by atoms with Gasteiger partial charge in [0, 0.05) is 34.8 Å². The third kappa shape index (κ3) is 4.53. The van der Waals surface area contributed by atoms with Gasteiger partial charge in [0.2, 0.25) is 0 Å². The number of aliphatic carboxylic acids is 1. The van der Waals surface area contributed by atoms with Crippen LogP contribution in [0.5, 0.6) is 0 Å². The van der Waals surface area contributed by atoms with Gasteiger partial charge in [-0.2, -0.15) is 4.57 Å². The van der Waals surface area contributed by atoms with Crippen molar-refractivity contribution in [2.45, 2.75) is 37.2 Å². The van der Waals surface area contributed by atoms with Crippen LogP contribution in [0.3, 0.4) is 0 Å². The molecule has 2 aliphatic heterocycles. The summed E-state index contributed by atoms with van der Waals surface area (Å²) >= 11 is 2.53. The van der Waals surface area contributed by atoms with Crippen molar-refractivity contribution >= 4 is 64.1 Å². The number of aromatic nitrogens is 2. The Bertz CT molecular complexity index is 1300. The van der Waals surface area contributed by atoms with E-state index in [0.717, 1.165) is 30.6 Å². The third-order valence-electron chi connectivity index (χ3n) is 6.19. The lowest BCUT2D eigenvalue weighted by molar-refractivity contribution is -0.696. The molecule has 14 heteroatoms. The molecule has 3 N–H and O–H groups in total. The van der Waals surface area contributed by atoms with E-state index in [1.54, 1.807) is 5.38 Å². The van der Waals surface area contributed by atoms with Crippen molar-refractivity contribution in [3.05, 3.63) is 51.9 Å². The van der Waals surface area contributed by atoms with E-state index in [9.17, 15) is 19.5 Å². The first-order valence-corrected chi connectivity index (χ1v) is 12.8. The molecular formula is C22H23ClN6O5S2. The van der Waals surface area contributed by atoms with E-state index in [1.165, 1.54) is 35.0 Å². The van der Waals surface area contributed by atoms with Crippen LogP contribution in [-0.4, -0.2) is 57.7 Å². The molecule has 5 rings (SSSR count). The van der Waals surface area contributed by atoms with Crippen LogP contribution in [-0.2, 0) is 38.6 Å². The summed E-state index contributed by atoms with van der Waals surface area (Å²) in [5, 5.41) is 19.7. The number of aryl methyl sites for hydroxylation is 1. The van der Waals surface area contributed by atoms with Crippen molar-refractivity contribution in [2.24, 2.45) is 5.16 Å². The number of carbonyl (C=O) groups is 3. The first-order chi connectivity index (χ1) is 16.9. The quantitative estimate of drug-likeness (QED) is 0.200. The molecule has 36 heavy (non-hydrogen) atoms. The SMILES string of the molecule is CO/N=C(\C(=O)N[C@@H]1C(=O)N2C(C(=O)[O-])=C(C[n+]3cccc4c3CCC4)CS[C@H]12)c1csc(N)n1.Cl. The highest BCUT2D eigenvalue weighted by atomic mass is 35.5. The lowest BCUT2D eigenvalue weighted by Crippen LogP contribution is -2.71. The van der Waals surface area contributed by atoms with E-state index < -0.39 is 29.2 Å². The number of anilines is 1. The van der Waals surface area contributed by atoms with Gasteiger partial charge in [-0.3, -0.25) is 14.5 Å². The second-order valence-electron chi connectivity index (χ2n) is 8.26. The van der Waals surface area contributed by atoms with Gasteiger partial charge < -0.3 is 25.8 Å². The Kier molecular flexibility index (Phi) is 7.52. The number of thiazole rings is 1. The van der Waals surface area contributed by atoms with Gasteiger partial charge in [-0.15, -0.1) is 35.5 Å². The number of thioether (sulfide) groups is 1. The highest BCUT2D eigenvalue weighted by Crippen LogP contribution is 2.40. The number of carbonyl (C=O) groups excluding carboxylic acids is 3. The van der Waals surface area contributed by atoms with Gasteiger partial charge in [-0.25, -0.2) is 4.98 Å². The van der Waals surface area contributed by atoms with Crippen LogP contribution in [0.2, 0.25) is 0 Å². The van der Waals surface area contributed by atoms with E-state index in [-0.39, 0.29) is 34.6 Å². The van der Waals surface area contributed by atoms with Crippen molar-refractivity contribution in [3.63, 3.8) is 0 Å². The number of nitrogens with zero attached hydrogens (tertiary/aromatic N) is 4. The summed E-state index contributed by atoms with van der Waals surface area (Å²) in [5.41, 5.74) is 8.69. The number of amides is 2. The maximum absolute atomic E-state index is 13.0. The van der Waals surface area contributed by atoms with Crippen LogP contribution < -0.4 is 20.7 Å². The molecular weight excluding hydrogens is 528 g/mol. The van der Waals surface area contributed by atoms with Gasteiger partial charge in [0.1, 0.15) is 24.2 Å². The maximum Gasteiger partial charge on any atom is 0.276 e. The number of carboxylic acid groups (broad SMARTS) is 1. The maximum atomic E-state index is 13.0. The van der Waals surface area contributed by atoms with Crippen molar-refractivity contribution in [2.75, 3.05) is 18.6 Å². The first kappa shape index (κ1) is 25.9. The number of nitrogens with two attached hydrogens (primary N) is 1. The molecule has 1 fully saturated rings. The Balaban J connectivity index is 0.00000304. The molecule has 2 aromatic rings. The molecule has 11 nitrogen and oxygen atoms in total.